The van der Waals surface area contributed by atoms with E-state index in [1.54, 1.807) is 16.8 Å². The molecule has 0 saturated carbocycles. The number of rotatable bonds is 7. The second-order valence-corrected chi connectivity index (χ2v) is 3.93. The lowest BCUT2D eigenvalue weighted by Crippen LogP contribution is -2.42. The molecule has 1 unspecified atom stereocenters. The van der Waals surface area contributed by atoms with Gasteiger partial charge in [0.1, 0.15) is 0 Å². The van der Waals surface area contributed by atoms with Crippen molar-refractivity contribution in [3.63, 3.8) is 0 Å². The fourth-order valence-electron chi connectivity index (χ4n) is 1.45. The monoisotopic (exact) mass is 230 g/mol. The number of hydrogen-bond donors (Lipinski definition) is 1. The number of nitrogens with zero attached hydrogens (tertiary/aromatic N) is 2. The summed E-state index contributed by atoms with van der Waals surface area (Å²) in [6.07, 6.45) is 0.0576. The van der Waals surface area contributed by atoms with Gasteiger partial charge in [0.15, 0.2) is 0 Å². The molecule has 1 N–H and O–H groups in total. The van der Waals surface area contributed by atoms with Crippen LogP contribution in [0, 0.1) is 0 Å². The molecule has 5 nitrogen and oxygen atoms in total. The molecule has 0 aromatic carbocycles. The zero-order valence-electron chi connectivity index (χ0n) is 10.6. The lowest BCUT2D eigenvalue weighted by molar-refractivity contribution is -0.139. The average molecular weight is 230 g/mol. The molecule has 16 heavy (non-hydrogen) atoms. The van der Waals surface area contributed by atoms with Crippen molar-refractivity contribution in [2.75, 3.05) is 26.7 Å². The highest BCUT2D eigenvalue weighted by Crippen LogP contribution is 2.02. The molecule has 0 spiro atoms. The van der Waals surface area contributed by atoms with E-state index in [9.17, 15) is 9.59 Å². The van der Waals surface area contributed by atoms with E-state index in [2.05, 4.69) is 0 Å². The zero-order chi connectivity index (χ0) is 12.7. The van der Waals surface area contributed by atoms with Gasteiger partial charge >= 0.3 is 5.97 Å². The van der Waals surface area contributed by atoms with E-state index >= 15 is 0 Å². The fraction of sp³-hybridized carbons (Fsp3) is 0.818. The number of hydrogen-bond acceptors (Lipinski definition) is 3. The standard InChI is InChI=1S/C11H22N2O3/c1-5-13(6-2)10(14)8-12(4)9(3)7-11(15)16/h9H,5-8H2,1-4H3,(H,15,16). The molecule has 0 aromatic heterocycles. The molecular weight excluding hydrogens is 208 g/mol. The van der Waals surface area contributed by atoms with E-state index in [4.69, 9.17) is 5.11 Å². The number of carboxylic acids is 1. The minimum absolute atomic E-state index is 0.0461. The third-order valence-corrected chi connectivity index (χ3v) is 2.72. The summed E-state index contributed by atoms with van der Waals surface area (Å²) in [5, 5.41) is 8.65. The normalized spacial score (nSPS) is 12.6. The third kappa shape index (κ3) is 5.11. The Balaban J connectivity index is 4.16. The van der Waals surface area contributed by atoms with Gasteiger partial charge < -0.3 is 10.0 Å². The lowest BCUT2D eigenvalue weighted by Gasteiger charge is -2.26. The molecule has 1 amide bonds. The van der Waals surface area contributed by atoms with E-state index < -0.39 is 5.97 Å². The Morgan fingerprint density at radius 3 is 2.12 bits per heavy atom. The van der Waals surface area contributed by atoms with Gasteiger partial charge in [-0.3, -0.25) is 14.5 Å². The number of amides is 1. The Bertz CT molecular complexity index is 239. The molecule has 94 valence electrons. The van der Waals surface area contributed by atoms with E-state index in [1.807, 2.05) is 20.8 Å². The van der Waals surface area contributed by atoms with Crippen molar-refractivity contribution in [2.24, 2.45) is 0 Å². The first-order chi connectivity index (χ1) is 7.42. The van der Waals surface area contributed by atoms with Crippen molar-refractivity contribution in [2.45, 2.75) is 33.2 Å². The van der Waals surface area contributed by atoms with Gasteiger partial charge in [-0.1, -0.05) is 0 Å². The first-order valence-corrected chi connectivity index (χ1v) is 5.62. The van der Waals surface area contributed by atoms with Crippen molar-refractivity contribution in [3.05, 3.63) is 0 Å². The van der Waals surface area contributed by atoms with E-state index in [-0.39, 0.29) is 24.9 Å². The predicted octanol–water partition coefficient (Wildman–Crippen LogP) is 0.650. The van der Waals surface area contributed by atoms with Crippen LogP contribution in [0.1, 0.15) is 27.2 Å². The summed E-state index contributed by atoms with van der Waals surface area (Å²) < 4.78 is 0. The smallest absolute Gasteiger partial charge is 0.304 e. The molecule has 0 radical (unpaired) electrons. The van der Waals surface area contributed by atoms with Crippen LogP contribution in [0.2, 0.25) is 0 Å². The maximum Gasteiger partial charge on any atom is 0.304 e. The maximum absolute atomic E-state index is 11.7. The van der Waals surface area contributed by atoms with Crippen LogP contribution in [-0.4, -0.2) is 59.5 Å². The quantitative estimate of drug-likeness (QED) is 0.697. The second kappa shape index (κ2) is 7.22. The molecule has 0 aliphatic heterocycles. The average Bonchev–Trinajstić information content (AvgIpc) is 2.18. The van der Waals surface area contributed by atoms with Crippen LogP contribution in [0.3, 0.4) is 0 Å². The van der Waals surface area contributed by atoms with Crippen molar-refractivity contribution in [1.82, 2.24) is 9.80 Å². The Hall–Kier alpha value is -1.10. The highest BCUT2D eigenvalue weighted by Gasteiger charge is 2.18. The van der Waals surface area contributed by atoms with Gasteiger partial charge in [0.05, 0.1) is 13.0 Å². The molecule has 0 aliphatic rings. The number of carboxylic acid groups (broad SMARTS) is 1. The summed E-state index contributed by atoms with van der Waals surface area (Å²) in [4.78, 5) is 25.8. The minimum Gasteiger partial charge on any atom is -0.481 e. The van der Waals surface area contributed by atoms with Gasteiger partial charge in [-0.15, -0.1) is 0 Å². The Morgan fingerprint density at radius 2 is 1.75 bits per heavy atom. The summed E-state index contributed by atoms with van der Waals surface area (Å²) in [7, 11) is 1.77. The summed E-state index contributed by atoms with van der Waals surface area (Å²) >= 11 is 0. The van der Waals surface area contributed by atoms with Crippen LogP contribution in [0.15, 0.2) is 0 Å². The molecule has 0 heterocycles. The van der Waals surface area contributed by atoms with Crippen LogP contribution in [0.25, 0.3) is 0 Å². The van der Waals surface area contributed by atoms with Gasteiger partial charge in [0, 0.05) is 19.1 Å². The third-order valence-electron chi connectivity index (χ3n) is 2.72. The van der Waals surface area contributed by atoms with Gasteiger partial charge in [-0.05, 0) is 27.8 Å². The van der Waals surface area contributed by atoms with Gasteiger partial charge in [0.25, 0.3) is 0 Å². The summed E-state index contributed by atoms with van der Waals surface area (Å²) in [5.41, 5.74) is 0. The largest absolute Gasteiger partial charge is 0.481 e. The number of carbonyl (C=O) groups is 2. The van der Waals surface area contributed by atoms with Crippen LogP contribution >= 0.6 is 0 Å². The van der Waals surface area contributed by atoms with Gasteiger partial charge in [0.2, 0.25) is 5.91 Å². The van der Waals surface area contributed by atoms with Crippen LogP contribution in [0.4, 0.5) is 0 Å². The molecule has 1 atom stereocenters. The minimum atomic E-state index is -0.838. The number of carbonyl (C=O) groups excluding carboxylic acids is 1. The number of likely N-dealkylation sites (N-methyl/N-ethyl adjacent to an activating group) is 2. The number of aliphatic carboxylic acids is 1. The predicted molar refractivity (Wildman–Crippen MR) is 62.3 cm³/mol. The first kappa shape index (κ1) is 14.9. The molecule has 0 rings (SSSR count). The first-order valence-electron chi connectivity index (χ1n) is 5.62. The Kier molecular flexibility index (Phi) is 6.72. The van der Waals surface area contributed by atoms with Gasteiger partial charge in [-0.25, -0.2) is 0 Å². The Labute approximate surface area is 97.0 Å². The molecule has 0 aliphatic carbocycles. The molecular formula is C11H22N2O3. The SMILES string of the molecule is CCN(CC)C(=O)CN(C)C(C)CC(=O)O. The van der Waals surface area contributed by atoms with E-state index in [0.717, 1.165) is 0 Å². The van der Waals surface area contributed by atoms with Gasteiger partial charge in [-0.2, -0.15) is 0 Å². The topological polar surface area (TPSA) is 60.9 Å². The van der Waals surface area contributed by atoms with E-state index in [0.29, 0.717) is 13.1 Å². The molecule has 0 fully saturated rings. The van der Waals surface area contributed by atoms with Crippen molar-refractivity contribution < 1.29 is 14.7 Å². The molecule has 0 saturated heterocycles. The van der Waals surface area contributed by atoms with Crippen LogP contribution in [0.5, 0.6) is 0 Å². The molecule has 0 aromatic rings. The van der Waals surface area contributed by atoms with Crippen molar-refractivity contribution in [3.8, 4) is 0 Å². The fourth-order valence-corrected chi connectivity index (χ4v) is 1.45. The molecule has 0 bridgehead atoms. The van der Waals surface area contributed by atoms with Crippen LogP contribution < -0.4 is 0 Å². The lowest BCUT2D eigenvalue weighted by atomic mass is 10.2. The van der Waals surface area contributed by atoms with Crippen molar-refractivity contribution >= 4 is 11.9 Å². The summed E-state index contributed by atoms with van der Waals surface area (Å²) in [5.74, 6) is -0.792. The maximum atomic E-state index is 11.7. The van der Waals surface area contributed by atoms with E-state index in [1.165, 1.54) is 0 Å². The highest BCUT2D eigenvalue weighted by atomic mass is 16.4. The van der Waals surface area contributed by atoms with Crippen molar-refractivity contribution in [1.29, 1.82) is 0 Å². The summed E-state index contributed by atoms with van der Waals surface area (Å²) in [6.45, 7) is 7.33. The summed E-state index contributed by atoms with van der Waals surface area (Å²) in [6, 6.07) is -0.128. The second-order valence-electron chi connectivity index (χ2n) is 3.93. The van der Waals surface area contributed by atoms with Crippen LogP contribution in [-0.2, 0) is 9.59 Å². The Morgan fingerprint density at radius 1 is 1.25 bits per heavy atom. The molecule has 5 heteroatoms. The highest BCUT2D eigenvalue weighted by molar-refractivity contribution is 5.78. The zero-order valence-corrected chi connectivity index (χ0v) is 10.6.